The molecule has 39 heavy (non-hydrogen) atoms. The minimum Gasteiger partial charge on any atom is -0.508 e. The summed E-state index contributed by atoms with van der Waals surface area (Å²) >= 11 is 2.10. The number of aromatic hydroxyl groups is 2. The maximum Gasteiger partial charge on any atom is 0.119 e. The molecule has 0 saturated heterocycles. The van der Waals surface area contributed by atoms with Crippen LogP contribution in [-0.2, 0) is 10.8 Å². The van der Waals surface area contributed by atoms with Crippen LogP contribution < -0.4 is 0 Å². The first-order valence-electron chi connectivity index (χ1n) is 15.5. The number of thioether (sulfide) groups is 1. The van der Waals surface area contributed by atoms with Gasteiger partial charge in [0.05, 0.1) is 0 Å². The lowest BCUT2D eigenvalue weighted by atomic mass is 9.76. The third-order valence-corrected chi connectivity index (χ3v) is 9.39. The van der Waals surface area contributed by atoms with Gasteiger partial charge in [-0.05, 0) is 88.8 Å². The van der Waals surface area contributed by atoms with Crippen LogP contribution in [0.5, 0.6) is 11.5 Å². The Balaban J connectivity index is 2.32. The van der Waals surface area contributed by atoms with Gasteiger partial charge in [0.25, 0.3) is 0 Å². The van der Waals surface area contributed by atoms with E-state index in [2.05, 4.69) is 93.1 Å². The Bertz CT molecular complexity index is 972. The number of unbranched alkanes of at least 4 members (excludes halogenated alkanes) is 7. The average Bonchev–Trinajstić information content (AvgIpc) is 2.80. The van der Waals surface area contributed by atoms with Crippen LogP contribution in [0.2, 0.25) is 0 Å². The molecule has 1 unspecified atom stereocenters. The van der Waals surface area contributed by atoms with E-state index in [9.17, 15) is 10.2 Å². The van der Waals surface area contributed by atoms with E-state index in [1.807, 2.05) is 12.1 Å². The quantitative estimate of drug-likeness (QED) is 0.228. The standard InChI is InChI=1S/C36H58O2S/c1-11-12-13-14-15-16-17-18-19-39-27(4)22-30(28-23-31(35(5,6)7)33(37)20-25(28)2)29-24-32(36(8,9)10)34(38)21-26(29)3/h20-21,23-24,27,30,37-38H,11-19,22H2,1-10H3. The highest BCUT2D eigenvalue weighted by atomic mass is 32.2. The molecule has 0 spiro atoms. The topological polar surface area (TPSA) is 40.5 Å². The van der Waals surface area contributed by atoms with Crippen molar-refractivity contribution < 1.29 is 10.2 Å². The van der Waals surface area contributed by atoms with E-state index < -0.39 is 0 Å². The van der Waals surface area contributed by atoms with Gasteiger partial charge in [-0.2, -0.15) is 11.8 Å². The predicted molar refractivity (Wildman–Crippen MR) is 174 cm³/mol. The van der Waals surface area contributed by atoms with Gasteiger partial charge in [-0.15, -0.1) is 0 Å². The van der Waals surface area contributed by atoms with Gasteiger partial charge in [-0.1, -0.05) is 112 Å². The molecule has 1 atom stereocenters. The number of phenolic OH excluding ortho intramolecular Hbond substituents is 2. The first kappa shape index (κ1) is 33.6. The first-order chi connectivity index (χ1) is 18.2. The minimum atomic E-state index is -0.144. The Labute approximate surface area is 245 Å². The van der Waals surface area contributed by atoms with Gasteiger partial charge >= 0.3 is 0 Å². The van der Waals surface area contributed by atoms with Gasteiger partial charge < -0.3 is 10.2 Å². The summed E-state index contributed by atoms with van der Waals surface area (Å²) in [6, 6.07) is 8.44. The normalized spacial score (nSPS) is 13.3. The Morgan fingerprint density at radius 3 is 1.49 bits per heavy atom. The van der Waals surface area contributed by atoms with Crippen LogP contribution in [0, 0.1) is 13.8 Å². The second kappa shape index (κ2) is 14.9. The average molecular weight is 555 g/mol. The number of rotatable bonds is 14. The van der Waals surface area contributed by atoms with Crippen LogP contribution >= 0.6 is 11.8 Å². The van der Waals surface area contributed by atoms with Crippen molar-refractivity contribution in [3.05, 3.63) is 57.6 Å². The summed E-state index contributed by atoms with van der Waals surface area (Å²) < 4.78 is 0. The van der Waals surface area contributed by atoms with E-state index in [1.54, 1.807) is 0 Å². The molecule has 0 aliphatic heterocycles. The first-order valence-corrected chi connectivity index (χ1v) is 16.5. The van der Waals surface area contributed by atoms with Crippen LogP contribution in [0.4, 0.5) is 0 Å². The van der Waals surface area contributed by atoms with Crippen molar-refractivity contribution in [2.45, 2.75) is 149 Å². The molecule has 0 aromatic heterocycles. The van der Waals surface area contributed by atoms with Crippen molar-refractivity contribution in [3.8, 4) is 11.5 Å². The fourth-order valence-corrected chi connectivity index (χ4v) is 6.81. The van der Waals surface area contributed by atoms with E-state index in [-0.39, 0.29) is 16.7 Å². The molecule has 0 aliphatic rings. The molecule has 0 radical (unpaired) electrons. The molecule has 0 fully saturated rings. The highest BCUT2D eigenvalue weighted by Crippen LogP contribution is 2.43. The summed E-state index contributed by atoms with van der Waals surface area (Å²) in [6.07, 6.45) is 11.9. The van der Waals surface area contributed by atoms with Gasteiger partial charge in [-0.25, -0.2) is 0 Å². The molecule has 3 heteroatoms. The van der Waals surface area contributed by atoms with Gasteiger partial charge in [0.1, 0.15) is 11.5 Å². The molecule has 0 saturated carbocycles. The van der Waals surface area contributed by atoms with Crippen LogP contribution in [0.15, 0.2) is 24.3 Å². The zero-order valence-corrected chi connectivity index (χ0v) is 27.7. The summed E-state index contributed by atoms with van der Waals surface area (Å²) in [5.41, 5.74) is 6.57. The van der Waals surface area contributed by atoms with Gasteiger partial charge in [0.2, 0.25) is 0 Å². The van der Waals surface area contributed by atoms with Crippen molar-refractivity contribution >= 4 is 11.8 Å². The molecule has 0 amide bonds. The summed E-state index contributed by atoms with van der Waals surface area (Å²) in [5, 5.41) is 22.2. The summed E-state index contributed by atoms with van der Waals surface area (Å²) in [4.78, 5) is 0. The molecule has 2 N–H and O–H groups in total. The Morgan fingerprint density at radius 2 is 1.08 bits per heavy atom. The molecule has 0 heterocycles. The van der Waals surface area contributed by atoms with Gasteiger partial charge in [-0.3, -0.25) is 0 Å². The molecule has 220 valence electrons. The maximum absolute atomic E-state index is 10.8. The minimum absolute atomic E-state index is 0.144. The van der Waals surface area contributed by atoms with Gasteiger partial charge in [0, 0.05) is 11.2 Å². The molecule has 2 aromatic rings. The highest BCUT2D eigenvalue weighted by molar-refractivity contribution is 7.99. The van der Waals surface area contributed by atoms with Crippen molar-refractivity contribution in [2.75, 3.05) is 5.75 Å². The van der Waals surface area contributed by atoms with E-state index in [0.717, 1.165) is 28.7 Å². The summed E-state index contributed by atoms with van der Waals surface area (Å²) in [6.45, 7) is 21.9. The fourth-order valence-electron chi connectivity index (χ4n) is 5.71. The Morgan fingerprint density at radius 1 is 0.667 bits per heavy atom. The third-order valence-electron chi connectivity index (χ3n) is 8.10. The third kappa shape index (κ3) is 10.1. The summed E-state index contributed by atoms with van der Waals surface area (Å²) in [5.74, 6) is 2.19. The van der Waals surface area contributed by atoms with Crippen LogP contribution in [0.3, 0.4) is 0 Å². The lowest BCUT2D eigenvalue weighted by Crippen LogP contribution is -2.17. The highest BCUT2D eigenvalue weighted by Gasteiger charge is 2.28. The lowest BCUT2D eigenvalue weighted by Gasteiger charge is -2.30. The second-order valence-corrected chi connectivity index (χ2v) is 15.4. The largest absolute Gasteiger partial charge is 0.508 e. The second-order valence-electron chi connectivity index (χ2n) is 13.9. The van der Waals surface area contributed by atoms with Crippen molar-refractivity contribution in [2.24, 2.45) is 0 Å². The van der Waals surface area contributed by atoms with Crippen molar-refractivity contribution in [1.82, 2.24) is 0 Å². The number of aryl methyl sites for hydroxylation is 2. The Hall–Kier alpha value is -1.61. The van der Waals surface area contributed by atoms with Gasteiger partial charge in [0.15, 0.2) is 0 Å². The van der Waals surface area contributed by atoms with E-state index in [4.69, 9.17) is 0 Å². The molecule has 2 rings (SSSR count). The number of hydrogen-bond acceptors (Lipinski definition) is 3. The van der Waals surface area contributed by atoms with Crippen LogP contribution in [0.25, 0.3) is 0 Å². The zero-order valence-electron chi connectivity index (χ0n) is 26.8. The molecule has 2 nitrogen and oxygen atoms in total. The number of hydrogen-bond donors (Lipinski definition) is 2. The van der Waals surface area contributed by atoms with Crippen molar-refractivity contribution in [3.63, 3.8) is 0 Å². The fraction of sp³-hybridized carbons (Fsp3) is 0.667. The molecule has 0 bridgehead atoms. The maximum atomic E-state index is 10.8. The smallest absolute Gasteiger partial charge is 0.119 e. The van der Waals surface area contributed by atoms with Crippen molar-refractivity contribution in [1.29, 1.82) is 0 Å². The Kier molecular flexibility index (Phi) is 12.8. The van der Waals surface area contributed by atoms with Crippen LogP contribution in [-0.4, -0.2) is 21.2 Å². The monoisotopic (exact) mass is 554 g/mol. The molecular formula is C36H58O2S. The molecule has 0 aliphatic carbocycles. The number of phenols is 2. The SMILES string of the molecule is CCCCCCCCCCSC(C)CC(c1cc(C(C)(C)C)c(O)cc1C)c1cc(C(C)(C)C)c(O)cc1C. The lowest BCUT2D eigenvalue weighted by molar-refractivity contribution is 0.445. The van der Waals surface area contributed by atoms with Crippen LogP contribution in [0.1, 0.15) is 152 Å². The van der Waals surface area contributed by atoms with E-state index in [0.29, 0.717) is 16.7 Å². The zero-order chi connectivity index (χ0) is 29.4. The predicted octanol–water partition coefficient (Wildman–Crippen LogP) is 11.1. The van der Waals surface area contributed by atoms with E-state index in [1.165, 1.54) is 68.2 Å². The molecular weight excluding hydrogens is 496 g/mol. The van der Waals surface area contributed by atoms with E-state index >= 15 is 0 Å². The molecule has 2 aromatic carbocycles. The number of benzene rings is 2. The summed E-state index contributed by atoms with van der Waals surface area (Å²) in [7, 11) is 0.